The molecule has 2 atom stereocenters. The fourth-order valence-corrected chi connectivity index (χ4v) is 2.58. The molecule has 0 bridgehead atoms. The lowest BCUT2D eigenvalue weighted by atomic mass is 9.96. The van der Waals surface area contributed by atoms with Crippen molar-refractivity contribution in [2.24, 2.45) is 5.84 Å². The number of hydrazine groups is 1. The molecule has 112 valence electrons. The van der Waals surface area contributed by atoms with Crippen LogP contribution in [0.2, 0.25) is 10.0 Å². The molecular formula is C16H18Cl2N2O. The predicted octanol–water partition coefficient (Wildman–Crippen LogP) is 4.28. The van der Waals surface area contributed by atoms with Gasteiger partial charge >= 0.3 is 0 Å². The van der Waals surface area contributed by atoms with Crippen LogP contribution in [0.25, 0.3) is 0 Å². The molecule has 5 heteroatoms. The molecule has 0 spiro atoms. The van der Waals surface area contributed by atoms with E-state index in [4.69, 9.17) is 33.8 Å². The normalized spacial score (nSPS) is 13.9. The van der Waals surface area contributed by atoms with Crippen molar-refractivity contribution in [2.45, 2.75) is 19.1 Å². The van der Waals surface area contributed by atoms with E-state index in [0.29, 0.717) is 16.7 Å². The summed E-state index contributed by atoms with van der Waals surface area (Å²) in [5, 5.41) is 1.02. The van der Waals surface area contributed by atoms with Crippen LogP contribution >= 0.6 is 23.2 Å². The topological polar surface area (TPSA) is 47.3 Å². The summed E-state index contributed by atoms with van der Waals surface area (Å²) in [6.07, 6.45) is -0.210. The van der Waals surface area contributed by atoms with Crippen molar-refractivity contribution in [3.05, 3.63) is 69.7 Å². The fourth-order valence-electron chi connectivity index (χ4n) is 2.27. The standard InChI is InChI=1S/C16H18Cl2N2O/c1-2-21-16(11-6-4-3-5-7-11)15(20-19)12-8-9-13(17)14(18)10-12/h3-10,15-16,20H,2,19H2,1H3. The molecule has 3 nitrogen and oxygen atoms in total. The number of halogens is 2. The van der Waals surface area contributed by atoms with Gasteiger partial charge in [0.2, 0.25) is 0 Å². The maximum Gasteiger partial charge on any atom is 0.103 e. The van der Waals surface area contributed by atoms with Crippen molar-refractivity contribution >= 4 is 23.2 Å². The van der Waals surface area contributed by atoms with E-state index in [1.165, 1.54) is 0 Å². The van der Waals surface area contributed by atoms with Crippen LogP contribution < -0.4 is 11.3 Å². The Hall–Kier alpha value is -1.10. The molecule has 2 aromatic carbocycles. The van der Waals surface area contributed by atoms with Gasteiger partial charge in [-0.25, -0.2) is 5.43 Å². The molecule has 2 unspecified atom stereocenters. The minimum Gasteiger partial charge on any atom is -0.372 e. The lowest BCUT2D eigenvalue weighted by molar-refractivity contribution is 0.0327. The van der Waals surface area contributed by atoms with E-state index in [-0.39, 0.29) is 12.1 Å². The van der Waals surface area contributed by atoms with Crippen LogP contribution in [0.15, 0.2) is 48.5 Å². The van der Waals surface area contributed by atoms with Crippen molar-refractivity contribution in [2.75, 3.05) is 6.61 Å². The molecule has 0 fully saturated rings. The highest BCUT2D eigenvalue weighted by Gasteiger charge is 2.24. The Balaban J connectivity index is 2.37. The number of hydrogen-bond donors (Lipinski definition) is 2. The van der Waals surface area contributed by atoms with Crippen LogP contribution in [0.1, 0.15) is 30.2 Å². The first-order valence-corrected chi connectivity index (χ1v) is 7.50. The first-order chi connectivity index (χ1) is 10.2. The predicted molar refractivity (Wildman–Crippen MR) is 87.3 cm³/mol. The van der Waals surface area contributed by atoms with Crippen LogP contribution in [0.3, 0.4) is 0 Å². The Labute approximate surface area is 135 Å². The summed E-state index contributed by atoms with van der Waals surface area (Å²) in [6.45, 7) is 2.54. The monoisotopic (exact) mass is 324 g/mol. The van der Waals surface area contributed by atoms with Gasteiger partial charge in [-0.2, -0.15) is 0 Å². The molecule has 0 amide bonds. The smallest absolute Gasteiger partial charge is 0.103 e. The Morgan fingerprint density at radius 1 is 1.05 bits per heavy atom. The highest BCUT2D eigenvalue weighted by molar-refractivity contribution is 6.42. The number of benzene rings is 2. The molecule has 3 N–H and O–H groups in total. The van der Waals surface area contributed by atoms with Gasteiger partial charge in [0.25, 0.3) is 0 Å². The van der Waals surface area contributed by atoms with Gasteiger partial charge in [0.15, 0.2) is 0 Å². The number of hydrogen-bond acceptors (Lipinski definition) is 3. The molecule has 0 aliphatic rings. The zero-order chi connectivity index (χ0) is 15.2. The molecule has 2 aromatic rings. The molecule has 0 heterocycles. The lowest BCUT2D eigenvalue weighted by Crippen LogP contribution is -2.33. The molecule has 2 rings (SSSR count). The number of rotatable bonds is 6. The zero-order valence-corrected chi connectivity index (χ0v) is 13.2. The molecule has 21 heavy (non-hydrogen) atoms. The lowest BCUT2D eigenvalue weighted by Gasteiger charge is -2.27. The first-order valence-electron chi connectivity index (χ1n) is 6.75. The molecule has 0 aliphatic carbocycles. The average Bonchev–Trinajstić information content (AvgIpc) is 2.51. The van der Waals surface area contributed by atoms with Crippen LogP contribution in [-0.2, 0) is 4.74 Å². The van der Waals surface area contributed by atoms with E-state index in [1.807, 2.05) is 49.4 Å². The van der Waals surface area contributed by atoms with Gasteiger partial charge in [-0.05, 0) is 30.2 Å². The zero-order valence-electron chi connectivity index (χ0n) is 11.7. The Morgan fingerprint density at radius 3 is 2.33 bits per heavy atom. The Morgan fingerprint density at radius 2 is 1.76 bits per heavy atom. The van der Waals surface area contributed by atoms with Crippen molar-refractivity contribution in [1.29, 1.82) is 0 Å². The fraction of sp³-hybridized carbons (Fsp3) is 0.250. The molecule has 0 aliphatic heterocycles. The van der Waals surface area contributed by atoms with Gasteiger partial charge in [-0.15, -0.1) is 0 Å². The van der Waals surface area contributed by atoms with Gasteiger partial charge in [0, 0.05) is 6.61 Å². The summed E-state index contributed by atoms with van der Waals surface area (Å²) in [6, 6.07) is 15.2. The van der Waals surface area contributed by atoms with E-state index in [1.54, 1.807) is 6.07 Å². The number of nitrogens with two attached hydrogens (primary N) is 1. The third-order valence-corrected chi connectivity index (χ3v) is 4.00. The second-order valence-corrected chi connectivity index (χ2v) is 5.42. The summed E-state index contributed by atoms with van der Waals surface area (Å²) in [5.41, 5.74) is 4.80. The summed E-state index contributed by atoms with van der Waals surface area (Å²) in [4.78, 5) is 0. The summed E-state index contributed by atoms with van der Waals surface area (Å²) < 4.78 is 5.89. The highest BCUT2D eigenvalue weighted by atomic mass is 35.5. The minimum absolute atomic E-state index is 0.210. The van der Waals surface area contributed by atoms with Gasteiger partial charge in [0.1, 0.15) is 6.10 Å². The quantitative estimate of drug-likeness (QED) is 0.616. The van der Waals surface area contributed by atoms with E-state index in [2.05, 4.69) is 5.43 Å². The Kier molecular flexibility index (Phi) is 6.03. The third kappa shape index (κ3) is 3.96. The second-order valence-electron chi connectivity index (χ2n) is 4.60. The summed E-state index contributed by atoms with van der Waals surface area (Å²) in [7, 11) is 0. The molecular weight excluding hydrogens is 307 g/mol. The van der Waals surface area contributed by atoms with Crippen LogP contribution in [0.4, 0.5) is 0 Å². The number of ether oxygens (including phenoxy) is 1. The highest BCUT2D eigenvalue weighted by Crippen LogP contribution is 2.34. The largest absolute Gasteiger partial charge is 0.372 e. The van der Waals surface area contributed by atoms with Crippen LogP contribution in [-0.4, -0.2) is 6.61 Å². The van der Waals surface area contributed by atoms with E-state index in [0.717, 1.165) is 11.1 Å². The Bertz CT molecular complexity index is 578. The van der Waals surface area contributed by atoms with Crippen molar-refractivity contribution in [1.82, 2.24) is 5.43 Å². The van der Waals surface area contributed by atoms with E-state index < -0.39 is 0 Å². The maximum absolute atomic E-state index is 6.10. The van der Waals surface area contributed by atoms with Crippen LogP contribution in [0, 0.1) is 0 Å². The average molecular weight is 325 g/mol. The van der Waals surface area contributed by atoms with E-state index >= 15 is 0 Å². The minimum atomic E-state index is -0.220. The third-order valence-electron chi connectivity index (χ3n) is 3.26. The van der Waals surface area contributed by atoms with Gasteiger partial charge in [0.05, 0.1) is 16.1 Å². The van der Waals surface area contributed by atoms with Gasteiger partial charge < -0.3 is 4.74 Å². The molecule has 0 radical (unpaired) electrons. The van der Waals surface area contributed by atoms with Gasteiger partial charge in [-0.1, -0.05) is 59.6 Å². The molecule has 0 aromatic heterocycles. The van der Waals surface area contributed by atoms with Crippen molar-refractivity contribution < 1.29 is 4.74 Å². The summed E-state index contributed by atoms with van der Waals surface area (Å²) in [5.74, 6) is 5.76. The second kappa shape index (κ2) is 7.78. The van der Waals surface area contributed by atoms with Crippen LogP contribution in [0.5, 0.6) is 0 Å². The van der Waals surface area contributed by atoms with Gasteiger partial charge in [-0.3, -0.25) is 5.84 Å². The SMILES string of the molecule is CCOC(c1ccccc1)C(NN)c1ccc(Cl)c(Cl)c1. The number of nitrogens with one attached hydrogen (secondary N) is 1. The van der Waals surface area contributed by atoms with E-state index in [9.17, 15) is 0 Å². The molecule has 0 saturated carbocycles. The van der Waals surface area contributed by atoms with Crippen molar-refractivity contribution in [3.63, 3.8) is 0 Å². The maximum atomic E-state index is 6.10. The summed E-state index contributed by atoms with van der Waals surface area (Å²) >= 11 is 12.1. The first kappa shape index (κ1) is 16.3. The molecule has 0 saturated heterocycles. The van der Waals surface area contributed by atoms with Crippen molar-refractivity contribution in [3.8, 4) is 0 Å².